The molecule has 0 aromatic rings. The Labute approximate surface area is 202 Å². The Morgan fingerprint density at radius 1 is 0.730 bits per heavy atom. The highest BCUT2D eigenvalue weighted by atomic mass is 19.4. The number of carbonyl (C=O) groups excluding carboxylic acids is 2. The number of hydrogen-bond donors (Lipinski definition) is 0. The highest BCUT2D eigenvalue weighted by Crippen LogP contribution is 2.90. The predicted molar refractivity (Wildman–Crippen MR) is 98.4 cm³/mol. The van der Waals surface area contributed by atoms with Crippen LogP contribution in [0, 0.1) is 33.0 Å². The van der Waals surface area contributed by atoms with Gasteiger partial charge in [0.25, 0.3) is 6.47 Å². The van der Waals surface area contributed by atoms with Crippen molar-refractivity contribution in [2.24, 2.45) is 33.0 Å². The highest BCUT2D eigenvalue weighted by Gasteiger charge is 3.01. The molecule has 0 aliphatic heterocycles. The molecule has 212 valence electrons. The lowest BCUT2D eigenvalue weighted by atomic mass is 9.24. The van der Waals surface area contributed by atoms with Gasteiger partial charge in [0.1, 0.15) is 5.41 Å². The van der Waals surface area contributed by atoms with Gasteiger partial charge in [-0.05, 0) is 38.5 Å². The first-order valence-corrected chi connectivity index (χ1v) is 11.4. The van der Waals surface area contributed by atoms with E-state index < -0.39 is 114 Å². The van der Waals surface area contributed by atoms with Crippen molar-refractivity contribution in [3.05, 3.63) is 0 Å². The van der Waals surface area contributed by atoms with Crippen LogP contribution in [0.25, 0.3) is 0 Å². The first-order valence-electron chi connectivity index (χ1n) is 11.4. The van der Waals surface area contributed by atoms with Crippen LogP contribution in [0.4, 0.5) is 52.7 Å². The normalized spacial score (nSPS) is 38.2. The quantitative estimate of drug-likeness (QED) is 0.257. The van der Waals surface area contributed by atoms with Crippen LogP contribution >= 0.6 is 0 Å². The van der Waals surface area contributed by atoms with Crippen LogP contribution in [-0.2, 0) is 14.3 Å². The molecule has 4 unspecified atom stereocenters. The van der Waals surface area contributed by atoms with E-state index >= 15 is 0 Å². The fourth-order valence-electron chi connectivity index (χ4n) is 7.95. The molecule has 4 rings (SSSR count). The Morgan fingerprint density at radius 2 is 1.22 bits per heavy atom. The van der Waals surface area contributed by atoms with Crippen LogP contribution in [0.3, 0.4) is 0 Å². The first-order chi connectivity index (χ1) is 16.5. The molecule has 0 N–H and O–H groups in total. The van der Waals surface area contributed by atoms with Crippen LogP contribution in [0.15, 0.2) is 0 Å². The fraction of sp³-hybridized carbons (Fsp3) is 0.909. The lowest BCUT2D eigenvalue weighted by molar-refractivity contribution is -0.480. The average molecular weight is 562 g/mol. The summed E-state index contributed by atoms with van der Waals surface area (Å²) in [5.74, 6) is -5.41. The Hall–Kier alpha value is -1.70. The molecule has 0 radical (unpaired) electrons. The van der Waals surface area contributed by atoms with Crippen molar-refractivity contribution < 1.29 is 67.0 Å². The van der Waals surface area contributed by atoms with E-state index in [1.54, 1.807) is 0 Å². The molecule has 37 heavy (non-hydrogen) atoms. The zero-order valence-corrected chi connectivity index (χ0v) is 19.4. The molecule has 4 fully saturated rings. The monoisotopic (exact) mass is 562 g/mol. The van der Waals surface area contributed by atoms with Crippen molar-refractivity contribution in [3.8, 4) is 0 Å². The molecule has 15 heteroatoms. The number of halogens is 12. The van der Waals surface area contributed by atoms with Crippen molar-refractivity contribution in [2.45, 2.75) is 89.1 Å². The van der Waals surface area contributed by atoms with Crippen LogP contribution in [-0.4, -0.2) is 42.6 Å². The third-order valence-corrected chi connectivity index (χ3v) is 10.2. The molecule has 0 amide bonds. The summed E-state index contributed by atoms with van der Waals surface area (Å²) in [5.41, 5.74) is -22.1. The van der Waals surface area contributed by atoms with Gasteiger partial charge in [-0.3, -0.25) is 9.59 Å². The van der Waals surface area contributed by atoms with E-state index in [0.29, 0.717) is 6.92 Å². The molecule has 4 aliphatic carbocycles. The van der Waals surface area contributed by atoms with E-state index in [1.165, 1.54) is 0 Å². The zero-order chi connectivity index (χ0) is 28.5. The van der Waals surface area contributed by atoms with Crippen LogP contribution in [0.2, 0.25) is 0 Å². The summed E-state index contributed by atoms with van der Waals surface area (Å²) >= 11 is 0. The third-order valence-electron chi connectivity index (χ3n) is 10.2. The van der Waals surface area contributed by atoms with Crippen molar-refractivity contribution in [1.29, 1.82) is 0 Å². The summed E-state index contributed by atoms with van der Waals surface area (Å²) in [4.78, 5) is 25.0. The molecule has 0 bridgehead atoms. The Morgan fingerprint density at radius 3 is 1.46 bits per heavy atom. The summed E-state index contributed by atoms with van der Waals surface area (Å²) in [5, 5.41) is 0. The smallest absolute Gasteiger partial charge is 0.429 e. The fourth-order valence-corrected chi connectivity index (χ4v) is 7.95. The third kappa shape index (κ3) is 2.79. The van der Waals surface area contributed by atoms with Gasteiger partial charge in [0.2, 0.25) is 5.60 Å². The van der Waals surface area contributed by atoms with Crippen molar-refractivity contribution in [2.75, 3.05) is 0 Å². The molecule has 4 saturated carbocycles. The predicted octanol–water partition coefficient (Wildman–Crippen LogP) is 7.09. The lowest BCUT2D eigenvalue weighted by Crippen LogP contribution is -2.91. The number of Topliss-reactive ketones (excluding diaryl/α,β-unsaturated/α-hetero) is 1. The van der Waals surface area contributed by atoms with Crippen molar-refractivity contribution >= 4 is 12.3 Å². The molecular formula is C22H22F12O3. The van der Waals surface area contributed by atoms with Gasteiger partial charge in [-0.2, -0.15) is 52.7 Å². The van der Waals surface area contributed by atoms with Gasteiger partial charge in [0.05, 0.1) is 10.8 Å². The van der Waals surface area contributed by atoms with E-state index in [2.05, 4.69) is 4.74 Å². The summed E-state index contributed by atoms with van der Waals surface area (Å²) < 4.78 is 178. The van der Waals surface area contributed by atoms with Crippen LogP contribution in [0.5, 0.6) is 0 Å². The maximum atomic E-state index is 14.9. The summed E-state index contributed by atoms with van der Waals surface area (Å²) in [6.45, 7) is -0.361. The lowest BCUT2D eigenvalue weighted by Gasteiger charge is -2.79. The van der Waals surface area contributed by atoms with Crippen molar-refractivity contribution in [3.63, 3.8) is 0 Å². The van der Waals surface area contributed by atoms with Crippen LogP contribution in [0.1, 0.15) is 58.8 Å². The second-order valence-electron chi connectivity index (χ2n) is 11.2. The van der Waals surface area contributed by atoms with E-state index in [-0.39, 0.29) is 13.3 Å². The van der Waals surface area contributed by atoms with Gasteiger partial charge in [0.15, 0.2) is 5.78 Å². The SMILES string of the molecule is CC1(C(=O)C2(C(F)(F)F)CC2)C(C2(C(F)(F)F)CC2)C(OC=O)(C(F)(F)F)C1(C)C1(C(F)(F)F)CCC1. The number of rotatable bonds is 6. The largest absolute Gasteiger partial charge is 0.451 e. The molecule has 0 heterocycles. The molecule has 0 aromatic heterocycles. The van der Waals surface area contributed by atoms with Crippen LogP contribution < -0.4 is 0 Å². The van der Waals surface area contributed by atoms with Gasteiger partial charge in [-0.15, -0.1) is 0 Å². The molecular weight excluding hydrogens is 540 g/mol. The number of hydrogen-bond acceptors (Lipinski definition) is 3. The molecule has 3 nitrogen and oxygen atoms in total. The number of ether oxygens (including phenoxy) is 1. The molecule has 0 spiro atoms. The maximum Gasteiger partial charge on any atom is 0.429 e. The minimum Gasteiger partial charge on any atom is -0.451 e. The van der Waals surface area contributed by atoms with Crippen molar-refractivity contribution in [1.82, 2.24) is 0 Å². The number of carbonyl (C=O) groups is 2. The van der Waals surface area contributed by atoms with Gasteiger partial charge >= 0.3 is 24.7 Å². The Bertz CT molecular complexity index is 996. The van der Waals surface area contributed by atoms with Gasteiger partial charge in [0, 0.05) is 16.7 Å². The molecule has 4 aliphatic rings. The summed E-state index contributed by atoms with van der Waals surface area (Å²) in [7, 11) is 0. The molecule has 0 saturated heterocycles. The minimum atomic E-state index is -6.10. The standard InChI is InChI=1S/C22H22F12O3/c1-13(12(36)16(8-9-16)20(26,27)28)11(15(6-7-15)19(23,24)25)18(37-10-35,22(32,33)34)14(13,2)17(4-3-5-17)21(29,30)31/h10-11H,3-9H2,1-2H3. The van der Waals surface area contributed by atoms with Gasteiger partial charge < -0.3 is 4.74 Å². The Kier molecular flexibility index (Phi) is 5.42. The van der Waals surface area contributed by atoms with E-state index in [9.17, 15) is 62.3 Å². The van der Waals surface area contributed by atoms with Gasteiger partial charge in [-0.25, -0.2) is 0 Å². The molecule has 0 aromatic carbocycles. The Balaban J connectivity index is 2.13. The molecule has 4 atom stereocenters. The number of ketones is 1. The summed E-state index contributed by atoms with van der Waals surface area (Å²) in [6, 6.07) is 0. The highest BCUT2D eigenvalue weighted by molar-refractivity contribution is 5.96. The second-order valence-corrected chi connectivity index (χ2v) is 11.2. The van der Waals surface area contributed by atoms with E-state index in [4.69, 9.17) is 0 Å². The maximum absolute atomic E-state index is 14.9. The average Bonchev–Trinajstić information content (AvgIpc) is 3.55. The number of alkyl halides is 12. The van der Waals surface area contributed by atoms with E-state index in [1.807, 2.05) is 0 Å². The zero-order valence-electron chi connectivity index (χ0n) is 19.4. The van der Waals surface area contributed by atoms with Gasteiger partial charge in [-0.1, -0.05) is 20.3 Å². The topological polar surface area (TPSA) is 43.4 Å². The second kappa shape index (κ2) is 7.08. The first kappa shape index (κ1) is 28.3. The van der Waals surface area contributed by atoms with E-state index in [0.717, 1.165) is 0 Å². The summed E-state index contributed by atoms with van der Waals surface area (Å²) in [6.07, 6.45) is -29.4. The minimum absolute atomic E-state index is 0.226.